The van der Waals surface area contributed by atoms with Crippen LogP contribution in [0.25, 0.3) is 10.4 Å². The number of ether oxygens (including phenoxy) is 2. The smallest absolute Gasteiger partial charge is 0.407 e. The zero-order valence-electron chi connectivity index (χ0n) is 38.9. The molecule has 4 amide bonds. The van der Waals surface area contributed by atoms with Gasteiger partial charge >= 0.3 is 6.09 Å². The molecule has 2 aliphatic rings. The van der Waals surface area contributed by atoms with Crippen molar-refractivity contribution in [1.82, 2.24) is 25.8 Å². The highest BCUT2D eigenvalue weighted by atomic mass is 32.1. The van der Waals surface area contributed by atoms with Crippen molar-refractivity contribution < 1.29 is 38.9 Å². The lowest BCUT2D eigenvalue weighted by Crippen LogP contribution is -2.58. The lowest BCUT2D eigenvalue weighted by atomic mass is 9.85. The minimum absolute atomic E-state index is 0.0804. The number of aliphatic hydroxyl groups excluding tert-OH is 2. The van der Waals surface area contributed by atoms with Gasteiger partial charge in [0.25, 0.3) is 0 Å². The summed E-state index contributed by atoms with van der Waals surface area (Å²) in [5.74, 6) is -0.587. The molecule has 1 unspecified atom stereocenters. The molecule has 16 heteroatoms. The Morgan fingerprint density at radius 3 is 2.20 bits per heavy atom. The zero-order valence-corrected chi connectivity index (χ0v) is 39.7. The third kappa shape index (κ3) is 15.0. The van der Waals surface area contributed by atoms with E-state index in [1.54, 1.807) is 32.1 Å². The Kier molecular flexibility index (Phi) is 17.7. The summed E-state index contributed by atoms with van der Waals surface area (Å²) in [7, 11) is 0. The van der Waals surface area contributed by atoms with Crippen molar-refractivity contribution >= 4 is 40.8 Å². The van der Waals surface area contributed by atoms with Gasteiger partial charge in [0.2, 0.25) is 17.7 Å². The Balaban J connectivity index is 1.06. The van der Waals surface area contributed by atoms with Crippen molar-refractivity contribution in [3.63, 3.8) is 0 Å². The number of primary amides is 1. The Hall–Kier alpha value is -4.61. The van der Waals surface area contributed by atoms with Crippen molar-refractivity contribution in [1.29, 1.82) is 0 Å². The number of amides is 4. The van der Waals surface area contributed by atoms with E-state index in [-0.39, 0.29) is 31.2 Å². The molecule has 0 aliphatic carbocycles. The predicted molar refractivity (Wildman–Crippen MR) is 249 cm³/mol. The molecule has 352 valence electrons. The molecule has 15 nitrogen and oxygen atoms in total. The number of alkyl carbamates (subject to hydrolysis) is 1. The number of hydrogen-bond donors (Lipinski definition) is 6. The Bertz CT molecular complexity index is 1990. The fourth-order valence-electron chi connectivity index (χ4n) is 8.30. The van der Waals surface area contributed by atoms with Gasteiger partial charge in [-0.2, -0.15) is 0 Å². The van der Waals surface area contributed by atoms with E-state index in [0.29, 0.717) is 38.3 Å². The molecule has 3 aromatic rings. The van der Waals surface area contributed by atoms with Crippen LogP contribution >= 0.6 is 11.3 Å². The van der Waals surface area contributed by atoms with E-state index in [1.807, 2.05) is 76.5 Å². The number of aromatic nitrogens is 1. The normalized spacial score (nSPS) is 19.2. The molecule has 2 fully saturated rings. The lowest BCUT2D eigenvalue weighted by Gasteiger charge is -2.37. The van der Waals surface area contributed by atoms with Crippen molar-refractivity contribution in [3.05, 3.63) is 70.9 Å². The first-order valence-corrected chi connectivity index (χ1v) is 23.5. The minimum atomic E-state index is -1.08. The Morgan fingerprint density at radius 1 is 0.953 bits per heavy atom. The summed E-state index contributed by atoms with van der Waals surface area (Å²) < 4.78 is 11.5. The maximum Gasteiger partial charge on any atom is 0.407 e. The van der Waals surface area contributed by atoms with Gasteiger partial charge in [-0.25, -0.2) is 9.78 Å². The fraction of sp³-hybridized carbons (Fsp3) is 0.604. The number of aliphatic hydroxyl groups is 2. The number of anilines is 1. The number of nitrogens with zero attached hydrogens (tertiary/aromatic N) is 3. The molecule has 3 heterocycles. The predicted octanol–water partition coefficient (Wildman–Crippen LogP) is 5.78. The van der Waals surface area contributed by atoms with Gasteiger partial charge in [-0.15, -0.1) is 11.3 Å². The second kappa shape index (κ2) is 22.5. The number of nitrogens with one attached hydrogen (secondary N) is 3. The molecule has 0 bridgehead atoms. The number of nitrogens with two attached hydrogens (primary N) is 1. The van der Waals surface area contributed by atoms with E-state index in [9.17, 15) is 29.4 Å². The van der Waals surface area contributed by atoms with Crippen LogP contribution in [-0.4, -0.2) is 106 Å². The van der Waals surface area contributed by atoms with E-state index < -0.39 is 59.6 Å². The number of piperidine rings is 1. The van der Waals surface area contributed by atoms with Crippen LogP contribution in [0.1, 0.15) is 110 Å². The Labute approximate surface area is 382 Å². The van der Waals surface area contributed by atoms with Crippen LogP contribution < -0.4 is 26.6 Å². The zero-order chi connectivity index (χ0) is 46.8. The van der Waals surface area contributed by atoms with Gasteiger partial charge in [0.05, 0.1) is 47.0 Å². The SMILES string of the molecule is Cc1ncsc1-c1ccc(CNC(O)[C@@H]2C[C@@H](O)CN2C(=O)[C@@H](NC(=O)CCC2CCN(c3ccc(CO[C@H](C)[C@H](CCC(N)=O)NC(=O)OC(C)(C)C)cc3)CC2)C(C)(C)C)cc1. The van der Waals surface area contributed by atoms with E-state index in [4.69, 9.17) is 15.2 Å². The van der Waals surface area contributed by atoms with Crippen molar-refractivity contribution in [2.45, 2.75) is 156 Å². The summed E-state index contributed by atoms with van der Waals surface area (Å²) in [4.78, 5) is 60.9. The summed E-state index contributed by atoms with van der Waals surface area (Å²) in [5, 5.41) is 31.0. The average molecular weight is 906 g/mol. The van der Waals surface area contributed by atoms with E-state index in [2.05, 4.69) is 38.0 Å². The van der Waals surface area contributed by atoms with Crippen LogP contribution in [0.2, 0.25) is 0 Å². The molecule has 1 aromatic heterocycles. The van der Waals surface area contributed by atoms with E-state index in [0.717, 1.165) is 58.9 Å². The van der Waals surface area contributed by atoms with Gasteiger partial charge in [-0.3, -0.25) is 19.7 Å². The molecule has 5 rings (SSSR count). The molecule has 0 spiro atoms. The number of benzene rings is 2. The number of hydrogen-bond acceptors (Lipinski definition) is 12. The van der Waals surface area contributed by atoms with Gasteiger partial charge in [-0.05, 0) is 107 Å². The minimum Gasteiger partial charge on any atom is -0.444 e. The second-order valence-electron chi connectivity index (χ2n) is 19.5. The number of likely N-dealkylation sites (tertiary alicyclic amines) is 1. The first-order chi connectivity index (χ1) is 30.2. The summed E-state index contributed by atoms with van der Waals surface area (Å²) in [6, 6.07) is 14.3. The topological polar surface area (TPSA) is 209 Å². The van der Waals surface area contributed by atoms with Crippen LogP contribution in [0.5, 0.6) is 0 Å². The maximum absolute atomic E-state index is 14.2. The highest BCUT2D eigenvalue weighted by Gasteiger charge is 2.44. The first kappa shape index (κ1) is 50.4. The van der Waals surface area contributed by atoms with E-state index >= 15 is 0 Å². The first-order valence-electron chi connectivity index (χ1n) is 22.6. The second-order valence-corrected chi connectivity index (χ2v) is 20.4. The van der Waals surface area contributed by atoms with Crippen molar-refractivity contribution in [2.24, 2.45) is 17.1 Å². The number of β-amino-alcohol motifs (C(OH)–C–C–N with tert-alkyl or cyclic N) is 1. The number of thiazole rings is 1. The largest absolute Gasteiger partial charge is 0.444 e. The summed E-state index contributed by atoms with van der Waals surface area (Å²) >= 11 is 1.59. The maximum atomic E-state index is 14.2. The van der Waals surface area contributed by atoms with Crippen molar-refractivity contribution in [2.75, 3.05) is 24.5 Å². The molecule has 2 aromatic carbocycles. The number of carbonyl (C=O) groups is 4. The lowest BCUT2D eigenvalue weighted by molar-refractivity contribution is -0.142. The van der Waals surface area contributed by atoms with Crippen LogP contribution in [0, 0.1) is 18.3 Å². The highest BCUT2D eigenvalue weighted by Crippen LogP contribution is 2.30. The fourth-order valence-corrected chi connectivity index (χ4v) is 9.11. The molecular formula is C48H71N7O8S. The third-order valence-corrected chi connectivity index (χ3v) is 13.0. The van der Waals surface area contributed by atoms with Gasteiger partial charge in [-0.1, -0.05) is 57.2 Å². The van der Waals surface area contributed by atoms with Crippen LogP contribution in [0.3, 0.4) is 0 Å². The summed E-state index contributed by atoms with van der Waals surface area (Å²) in [5.41, 5.74) is 11.0. The number of rotatable bonds is 19. The molecular weight excluding hydrogens is 835 g/mol. The van der Waals surface area contributed by atoms with Crippen LogP contribution in [-0.2, 0) is 37.0 Å². The Morgan fingerprint density at radius 2 is 1.61 bits per heavy atom. The van der Waals surface area contributed by atoms with Gasteiger partial charge < -0.3 is 45.9 Å². The molecule has 7 N–H and O–H groups in total. The molecule has 64 heavy (non-hydrogen) atoms. The average Bonchev–Trinajstić information content (AvgIpc) is 3.86. The number of aryl methyl sites for hydroxylation is 1. The standard InChI is InChI=1S/C48H71N7O8S/c1-30-42(64-29-51-30)35-14-9-33(10-15-35)26-50-44(59)39-25-37(56)27-55(39)45(60)43(47(3,4)5)53-41(58)20-13-32-21-23-54(24-22-32)36-16-11-34(12-17-36)28-62-31(2)38(18-19-40(49)57)52-46(61)63-48(6,7)8/h9-12,14-17,29,31-32,37-39,43-44,50,56,59H,13,18-28H2,1-8H3,(H2,49,57)(H,52,61)(H,53,58)/t31-,37-,38+,39+,43-,44?/m1/s1. The quantitative estimate of drug-likeness (QED) is 0.0795. The van der Waals surface area contributed by atoms with Gasteiger partial charge in [0, 0.05) is 44.7 Å². The molecule has 2 aliphatic heterocycles. The number of carbonyl (C=O) groups excluding carboxylic acids is 4. The molecule has 6 atom stereocenters. The molecule has 0 saturated carbocycles. The third-order valence-electron chi connectivity index (χ3n) is 12.0. The van der Waals surface area contributed by atoms with Crippen LogP contribution in [0.4, 0.5) is 10.5 Å². The van der Waals surface area contributed by atoms with Crippen molar-refractivity contribution in [3.8, 4) is 10.4 Å². The van der Waals surface area contributed by atoms with E-state index in [1.165, 1.54) is 4.90 Å². The van der Waals surface area contributed by atoms with Gasteiger partial charge in [0.1, 0.15) is 17.9 Å². The highest BCUT2D eigenvalue weighted by molar-refractivity contribution is 7.13. The molecule has 2 saturated heterocycles. The monoisotopic (exact) mass is 906 g/mol. The van der Waals surface area contributed by atoms with Gasteiger partial charge in [0.15, 0.2) is 0 Å². The summed E-state index contributed by atoms with van der Waals surface area (Å²) in [6.45, 7) is 17.4. The van der Waals surface area contributed by atoms with Crippen LogP contribution in [0.15, 0.2) is 54.0 Å². The summed E-state index contributed by atoms with van der Waals surface area (Å²) in [6.07, 6.45) is 0.688. The molecule has 0 radical (unpaired) electrons.